The smallest absolute Gasteiger partial charge is 0.0709 e. The molecule has 1 heterocycles. The number of hydrogen-bond acceptors (Lipinski definition) is 2. The van der Waals surface area contributed by atoms with Gasteiger partial charge in [0, 0.05) is 16.2 Å². The summed E-state index contributed by atoms with van der Waals surface area (Å²) in [6.07, 6.45) is 15.1. The highest BCUT2D eigenvalue weighted by Crippen LogP contribution is 2.40. The van der Waals surface area contributed by atoms with E-state index in [0.717, 1.165) is 5.75 Å². The largest absolute Gasteiger partial charge is 0.277 e. The Morgan fingerprint density at radius 1 is 1.04 bits per heavy atom. The standard InChI is InChI=1S/C23H33NS/c1-3-5-16-23(17-6-4-2)18-25-21-15-11-10-14-20(21)22(24-23)19-12-8-7-9-13-19/h10-12,14-15H,3-9,13,16-18H2,1-2H3. The molecule has 2 heteroatoms. The van der Waals surface area contributed by atoms with E-state index in [2.05, 4.69) is 44.2 Å². The first kappa shape index (κ1) is 18.8. The van der Waals surface area contributed by atoms with Crippen LogP contribution in [0, 0.1) is 0 Å². The van der Waals surface area contributed by atoms with Gasteiger partial charge < -0.3 is 0 Å². The zero-order chi connectivity index (χ0) is 17.5. The second-order valence-corrected chi connectivity index (χ2v) is 8.67. The highest BCUT2D eigenvalue weighted by Gasteiger charge is 2.33. The number of benzene rings is 1. The summed E-state index contributed by atoms with van der Waals surface area (Å²) in [5.74, 6) is 1.14. The van der Waals surface area contributed by atoms with Crippen LogP contribution in [0.1, 0.15) is 83.6 Å². The molecule has 1 nitrogen and oxygen atoms in total. The van der Waals surface area contributed by atoms with Crippen molar-refractivity contribution in [3.05, 3.63) is 41.5 Å². The number of hydrogen-bond donors (Lipinski definition) is 0. The first-order valence-corrected chi connectivity index (χ1v) is 11.3. The van der Waals surface area contributed by atoms with E-state index in [9.17, 15) is 0 Å². The van der Waals surface area contributed by atoms with Gasteiger partial charge in [0.15, 0.2) is 0 Å². The van der Waals surface area contributed by atoms with Crippen molar-refractivity contribution >= 4 is 17.5 Å². The summed E-state index contributed by atoms with van der Waals surface area (Å²) in [6, 6.07) is 8.97. The van der Waals surface area contributed by atoms with E-state index < -0.39 is 0 Å². The number of nitrogens with zero attached hydrogens (tertiary/aromatic N) is 1. The molecular formula is C23H33NS. The van der Waals surface area contributed by atoms with Crippen LogP contribution in [-0.2, 0) is 0 Å². The molecule has 1 aromatic rings. The van der Waals surface area contributed by atoms with Crippen molar-refractivity contribution in [3.63, 3.8) is 0 Å². The molecule has 0 aromatic heterocycles. The Morgan fingerprint density at radius 3 is 2.48 bits per heavy atom. The predicted molar refractivity (Wildman–Crippen MR) is 112 cm³/mol. The van der Waals surface area contributed by atoms with Crippen LogP contribution in [0.2, 0.25) is 0 Å². The van der Waals surface area contributed by atoms with E-state index in [-0.39, 0.29) is 5.54 Å². The minimum atomic E-state index is 0.128. The molecule has 0 radical (unpaired) electrons. The van der Waals surface area contributed by atoms with Crippen LogP contribution in [0.15, 0.2) is 45.8 Å². The van der Waals surface area contributed by atoms with Gasteiger partial charge in [0.25, 0.3) is 0 Å². The van der Waals surface area contributed by atoms with Crippen molar-refractivity contribution in [1.82, 2.24) is 0 Å². The molecular weight excluding hydrogens is 322 g/mol. The van der Waals surface area contributed by atoms with E-state index in [4.69, 9.17) is 4.99 Å². The number of unbranched alkanes of at least 4 members (excludes halogenated alkanes) is 2. The van der Waals surface area contributed by atoms with Crippen LogP contribution in [0.5, 0.6) is 0 Å². The minimum Gasteiger partial charge on any atom is -0.277 e. The molecule has 25 heavy (non-hydrogen) atoms. The third kappa shape index (κ3) is 4.58. The molecule has 0 bridgehead atoms. The molecule has 1 aliphatic carbocycles. The maximum atomic E-state index is 5.57. The Labute approximate surface area is 158 Å². The molecule has 136 valence electrons. The molecule has 0 N–H and O–H groups in total. The SMILES string of the molecule is CCCCC1(CCCC)CSc2ccccc2C(C2=CCCCC2)=N1. The number of rotatable bonds is 7. The van der Waals surface area contributed by atoms with Gasteiger partial charge in [0.05, 0.1) is 11.3 Å². The number of fused-ring (bicyclic) bond motifs is 1. The maximum Gasteiger partial charge on any atom is 0.0709 e. The van der Waals surface area contributed by atoms with Gasteiger partial charge in [0.2, 0.25) is 0 Å². The summed E-state index contributed by atoms with van der Waals surface area (Å²) in [6.45, 7) is 4.61. The van der Waals surface area contributed by atoms with Crippen LogP contribution in [0.4, 0.5) is 0 Å². The van der Waals surface area contributed by atoms with Gasteiger partial charge in [-0.3, -0.25) is 4.99 Å². The van der Waals surface area contributed by atoms with Crippen LogP contribution >= 0.6 is 11.8 Å². The lowest BCUT2D eigenvalue weighted by Gasteiger charge is -2.30. The summed E-state index contributed by atoms with van der Waals surface area (Å²) < 4.78 is 0. The predicted octanol–water partition coefficient (Wildman–Crippen LogP) is 7.20. The van der Waals surface area contributed by atoms with E-state index >= 15 is 0 Å². The van der Waals surface area contributed by atoms with Crippen LogP contribution in [0.3, 0.4) is 0 Å². The van der Waals surface area contributed by atoms with Gasteiger partial charge in [-0.2, -0.15) is 0 Å². The third-order valence-corrected chi connectivity index (χ3v) is 6.92. The van der Waals surface area contributed by atoms with Crippen LogP contribution < -0.4 is 0 Å². The zero-order valence-corrected chi connectivity index (χ0v) is 16.8. The third-order valence-electron chi connectivity index (χ3n) is 5.57. The summed E-state index contributed by atoms with van der Waals surface area (Å²) in [5, 5.41) is 0. The summed E-state index contributed by atoms with van der Waals surface area (Å²) in [5.41, 5.74) is 4.35. The first-order chi connectivity index (χ1) is 12.3. The fraction of sp³-hybridized carbons (Fsp3) is 0.609. The van der Waals surface area contributed by atoms with E-state index in [0.29, 0.717) is 0 Å². The number of allylic oxidation sites excluding steroid dienone is 2. The zero-order valence-electron chi connectivity index (χ0n) is 16.0. The molecule has 2 aliphatic rings. The monoisotopic (exact) mass is 355 g/mol. The van der Waals surface area contributed by atoms with Gasteiger partial charge in [-0.05, 0) is 50.2 Å². The Hall–Kier alpha value is -1.02. The fourth-order valence-corrected chi connectivity index (χ4v) is 5.29. The molecule has 0 atom stereocenters. The Kier molecular flexibility index (Phi) is 6.81. The van der Waals surface area contributed by atoms with Gasteiger partial charge >= 0.3 is 0 Å². The molecule has 0 spiro atoms. The minimum absolute atomic E-state index is 0.128. The lowest BCUT2D eigenvalue weighted by Crippen LogP contribution is -2.31. The lowest BCUT2D eigenvalue weighted by atomic mass is 9.87. The van der Waals surface area contributed by atoms with Crippen LogP contribution in [-0.4, -0.2) is 17.0 Å². The quantitative estimate of drug-likeness (QED) is 0.503. The average molecular weight is 356 g/mol. The Morgan fingerprint density at radius 2 is 1.80 bits per heavy atom. The second kappa shape index (κ2) is 9.07. The Balaban J connectivity index is 2.04. The van der Waals surface area contributed by atoms with Gasteiger partial charge in [-0.1, -0.05) is 63.8 Å². The average Bonchev–Trinajstić information content (AvgIpc) is 2.84. The van der Waals surface area contributed by atoms with Gasteiger partial charge in [0.1, 0.15) is 0 Å². The van der Waals surface area contributed by atoms with E-state index in [1.165, 1.54) is 86.0 Å². The molecule has 3 rings (SSSR count). The molecule has 1 aliphatic heterocycles. The van der Waals surface area contributed by atoms with E-state index in [1.807, 2.05) is 11.8 Å². The van der Waals surface area contributed by atoms with Gasteiger partial charge in [-0.15, -0.1) is 11.8 Å². The van der Waals surface area contributed by atoms with Crippen molar-refractivity contribution in [2.24, 2.45) is 4.99 Å². The first-order valence-electron chi connectivity index (χ1n) is 10.3. The van der Waals surface area contributed by atoms with Crippen molar-refractivity contribution in [3.8, 4) is 0 Å². The van der Waals surface area contributed by atoms with Crippen molar-refractivity contribution in [1.29, 1.82) is 0 Å². The number of thioether (sulfide) groups is 1. The van der Waals surface area contributed by atoms with Crippen LogP contribution in [0.25, 0.3) is 0 Å². The summed E-state index contributed by atoms with van der Waals surface area (Å²) in [4.78, 5) is 7.01. The molecule has 0 saturated carbocycles. The van der Waals surface area contributed by atoms with Crippen molar-refractivity contribution < 1.29 is 0 Å². The molecule has 0 unspecified atom stereocenters. The van der Waals surface area contributed by atoms with E-state index in [1.54, 1.807) is 0 Å². The lowest BCUT2D eigenvalue weighted by molar-refractivity contribution is 0.386. The molecule has 0 amide bonds. The summed E-state index contributed by atoms with van der Waals surface area (Å²) in [7, 11) is 0. The topological polar surface area (TPSA) is 12.4 Å². The fourth-order valence-electron chi connectivity index (χ4n) is 4.02. The second-order valence-electron chi connectivity index (χ2n) is 7.65. The summed E-state index contributed by atoms with van der Waals surface area (Å²) >= 11 is 2.04. The van der Waals surface area contributed by atoms with Gasteiger partial charge in [-0.25, -0.2) is 0 Å². The highest BCUT2D eigenvalue weighted by atomic mass is 32.2. The van der Waals surface area contributed by atoms with Crippen molar-refractivity contribution in [2.45, 2.75) is 88.5 Å². The molecule has 0 saturated heterocycles. The highest BCUT2D eigenvalue weighted by molar-refractivity contribution is 7.99. The number of aliphatic imine (C=N–C) groups is 1. The molecule has 0 fully saturated rings. The normalized spacial score (nSPS) is 19.6. The Bertz CT molecular complexity index is 621. The van der Waals surface area contributed by atoms with Crippen molar-refractivity contribution in [2.75, 3.05) is 5.75 Å². The molecule has 1 aromatic carbocycles. The maximum absolute atomic E-state index is 5.57.